The lowest BCUT2D eigenvalue weighted by molar-refractivity contribution is 0.313. The maximum absolute atomic E-state index is 6.40. The van der Waals surface area contributed by atoms with Gasteiger partial charge in [0, 0.05) is 43.4 Å². The molecule has 20 heavy (non-hydrogen) atoms. The van der Waals surface area contributed by atoms with Crippen LogP contribution in [-0.2, 0) is 0 Å². The number of halogens is 1. The number of hydrogen-bond donors (Lipinski definition) is 1. The molecule has 0 atom stereocenters. The van der Waals surface area contributed by atoms with Gasteiger partial charge in [0.2, 0.25) is 0 Å². The van der Waals surface area contributed by atoms with Gasteiger partial charge in [-0.15, -0.1) is 0 Å². The van der Waals surface area contributed by atoms with E-state index in [1.807, 2.05) is 18.2 Å². The summed E-state index contributed by atoms with van der Waals surface area (Å²) >= 11 is 6.40. The molecule has 1 saturated heterocycles. The lowest BCUT2D eigenvalue weighted by Gasteiger charge is -2.35. The smallest absolute Gasteiger partial charge is 0.0971 e. The molecule has 0 saturated carbocycles. The first kappa shape index (κ1) is 15.2. The number of aromatic nitrogens is 1. The van der Waals surface area contributed by atoms with Crippen LogP contribution in [0.25, 0.3) is 10.9 Å². The molecular formula is C14H19ClN4S. The van der Waals surface area contributed by atoms with Crippen LogP contribution in [0.5, 0.6) is 0 Å². The van der Waals surface area contributed by atoms with Gasteiger partial charge in [0.1, 0.15) is 0 Å². The molecule has 2 N–H and O–H groups in total. The third-order valence-electron chi connectivity index (χ3n) is 3.67. The molecule has 1 aromatic heterocycles. The molecule has 1 fully saturated rings. The molecule has 3 rings (SSSR count). The number of fused-ring (bicyclic) bond motifs is 1. The molecule has 0 unspecified atom stereocenters. The summed E-state index contributed by atoms with van der Waals surface area (Å²) in [5, 5.41) is 1.66. The fourth-order valence-corrected chi connectivity index (χ4v) is 2.88. The van der Waals surface area contributed by atoms with E-state index in [2.05, 4.69) is 21.8 Å². The van der Waals surface area contributed by atoms with Gasteiger partial charge in [-0.1, -0.05) is 11.6 Å². The van der Waals surface area contributed by atoms with Gasteiger partial charge in [-0.25, -0.2) is 0 Å². The van der Waals surface area contributed by atoms with Crippen molar-refractivity contribution in [1.29, 1.82) is 0 Å². The second-order valence-corrected chi connectivity index (χ2v) is 5.39. The van der Waals surface area contributed by atoms with Crippen LogP contribution in [-0.4, -0.2) is 43.1 Å². The first-order valence-electron chi connectivity index (χ1n) is 6.43. The zero-order valence-electron chi connectivity index (χ0n) is 11.4. The molecule has 1 aliphatic rings. The van der Waals surface area contributed by atoms with Gasteiger partial charge in [-0.2, -0.15) is 13.5 Å². The number of nitrogen functional groups attached to an aromatic ring is 1. The Kier molecular flexibility index (Phi) is 4.62. The number of hydrogen-bond acceptors (Lipinski definition) is 4. The summed E-state index contributed by atoms with van der Waals surface area (Å²) in [7, 11) is 2.14. The number of nitrogens with zero attached hydrogens (tertiary/aromatic N) is 3. The van der Waals surface area contributed by atoms with Gasteiger partial charge in [0.25, 0.3) is 0 Å². The van der Waals surface area contributed by atoms with Crippen molar-refractivity contribution in [1.82, 2.24) is 9.88 Å². The topological polar surface area (TPSA) is 45.4 Å². The Morgan fingerprint density at radius 3 is 2.65 bits per heavy atom. The summed E-state index contributed by atoms with van der Waals surface area (Å²) < 4.78 is 0. The second kappa shape index (κ2) is 6.08. The predicted octanol–water partition coefficient (Wildman–Crippen LogP) is 2.34. The monoisotopic (exact) mass is 310 g/mol. The highest BCUT2D eigenvalue weighted by molar-refractivity contribution is 7.59. The highest BCUT2D eigenvalue weighted by atomic mass is 35.5. The van der Waals surface area contributed by atoms with Crippen molar-refractivity contribution in [3.63, 3.8) is 0 Å². The Morgan fingerprint density at radius 2 is 1.95 bits per heavy atom. The largest absolute Gasteiger partial charge is 0.398 e. The molecular weight excluding hydrogens is 292 g/mol. The minimum absolute atomic E-state index is 0. The Balaban J connectivity index is 0.00000147. The second-order valence-electron chi connectivity index (χ2n) is 4.99. The van der Waals surface area contributed by atoms with Gasteiger partial charge in [0.05, 0.1) is 16.2 Å². The number of benzene rings is 1. The molecule has 0 aliphatic carbocycles. The zero-order chi connectivity index (χ0) is 13.4. The molecule has 108 valence electrons. The van der Waals surface area contributed by atoms with Crippen molar-refractivity contribution in [3.8, 4) is 0 Å². The highest BCUT2D eigenvalue weighted by Gasteiger charge is 2.20. The number of anilines is 2. The van der Waals surface area contributed by atoms with E-state index < -0.39 is 0 Å². The van der Waals surface area contributed by atoms with E-state index in [0.717, 1.165) is 42.8 Å². The average Bonchev–Trinajstić information content (AvgIpc) is 2.41. The van der Waals surface area contributed by atoms with Crippen LogP contribution >= 0.6 is 25.1 Å². The van der Waals surface area contributed by atoms with Crippen molar-refractivity contribution in [2.75, 3.05) is 43.9 Å². The Labute approximate surface area is 131 Å². The van der Waals surface area contributed by atoms with Crippen LogP contribution in [0.1, 0.15) is 0 Å². The molecule has 0 amide bonds. The van der Waals surface area contributed by atoms with E-state index in [0.29, 0.717) is 10.7 Å². The van der Waals surface area contributed by atoms with Crippen LogP contribution in [0, 0.1) is 0 Å². The van der Waals surface area contributed by atoms with Gasteiger partial charge < -0.3 is 15.5 Å². The van der Waals surface area contributed by atoms with Crippen molar-refractivity contribution in [2.45, 2.75) is 0 Å². The van der Waals surface area contributed by atoms with E-state index in [-0.39, 0.29) is 13.5 Å². The minimum Gasteiger partial charge on any atom is -0.398 e. The van der Waals surface area contributed by atoms with Gasteiger partial charge in [-0.3, -0.25) is 4.98 Å². The first-order valence-corrected chi connectivity index (χ1v) is 6.81. The predicted molar refractivity (Wildman–Crippen MR) is 91.3 cm³/mol. The molecule has 0 bridgehead atoms. The molecule has 2 heterocycles. The molecule has 1 aliphatic heterocycles. The zero-order valence-corrected chi connectivity index (χ0v) is 13.2. The molecule has 0 radical (unpaired) electrons. The molecule has 6 heteroatoms. The normalized spacial score (nSPS) is 16.2. The van der Waals surface area contributed by atoms with E-state index in [1.54, 1.807) is 6.20 Å². The van der Waals surface area contributed by atoms with E-state index in [1.165, 1.54) is 0 Å². The van der Waals surface area contributed by atoms with Crippen LogP contribution in [0.4, 0.5) is 11.4 Å². The van der Waals surface area contributed by atoms with Crippen molar-refractivity contribution < 1.29 is 0 Å². The van der Waals surface area contributed by atoms with Crippen LogP contribution in [0.3, 0.4) is 0 Å². The van der Waals surface area contributed by atoms with Gasteiger partial charge in [0.15, 0.2) is 0 Å². The van der Waals surface area contributed by atoms with E-state index in [9.17, 15) is 0 Å². The third kappa shape index (κ3) is 2.66. The summed E-state index contributed by atoms with van der Waals surface area (Å²) in [6.07, 6.45) is 1.79. The Bertz CT molecular complexity index is 611. The molecule has 2 aromatic rings. The number of rotatable bonds is 1. The summed E-state index contributed by atoms with van der Waals surface area (Å²) in [6, 6.07) is 5.73. The average molecular weight is 311 g/mol. The fraction of sp³-hybridized carbons (Fsp3) is 0.357. The van der Waals surface area contributed by atoms with E-state index in [4.69, 9.17) is 17.3 Å². The summed E-state index contributed by atoms with van der Waals surface area (Å²) in [4.78, 5) is 9.10. The van der Waals surface area contributed by atoms with Crippen LogP contribution < -0.4 is 10.6 Å². The van der Waals surface area contributed by atoms with Crippen molar-refractivity contribution in [2.24, 2.45) is 0 Å². The van der Waals surface area contributed by atoms with E-state index >= 15 is 0 Å². The Hall–Kier alpha value is -1.17. The number of piperazine rings is 1. The maximum atomic E-state index is 6.40. The number of nitrogens with two attached hydrogens (primary N) is 1. The number of pyridine rings is 1. The van der Waals surface area contributed by atoms with Gasteiger partial charge >= 0.3 is 0 Å². The van der Waals surface area contributed by atoms with Crippen LogP contribution in [0.2, 0.25) is 5.02 Å². The van der Waals surface area contributed by atoms with Crippen molar-refractivity contribution in [3.05, 3.63) is 29.4 Å². The summed E-state index contributed by atoms with van der Waals surface area (Å²) in [6.45, 7) is 4.00. The standard InChI is InChI=1S/C14H17ClN4.H2S/c1-18-5-7-19(8-6-18)14-11(15)9-12(16)10-3-2-4-17-13(10)14;/h2-4,9H,5-8,16H2,1H3;1H2. The van der Waals surface area contributed by atoms with Crippen molar-refractivity contribution >= 4 is 47.4 Å². The SMILES string of the molecule is CN1CCN(c2c(Cl)cc(N)c3cccnc23)CC1.S. The highest BCUT2D eigenvalue weighted by Crippen LogP contribution is 2.36. The van der Waals surface area contributed by atoms with Gasteiger partial charge in [-0.05, 0) is 25.2 Å². The third-order valence-corrected chi connectivity index (χ3v) is 3.96. The first-order chi connectivity index (χ1) is 9.16. The fourth-order valence-electron chi connectivity index (χ4n) is 2.55. The number of likely N-dealkylation sites (N-methyl/N-ethyl adjacent to an activating group) is 1. The minimum atomic E-state index is 0. The lowest BCUT2D eigenvalue weighted by Crippen LogP contribution is -2.44. The maximum Gasteiger partial charge on any atom is 0.0971 e. The molecule has 1 aromatic carbocycles. The summed E-state index contributed by atoms with van der Waals surface area (Å²) in [5.41, 5.74) is 8.63. The molecule has 4 nitrogen and oxygen atoms in total. The summed E-state index contributed by atoms with van der Waals surface area (Å²) in [5.74, 6) is 0. The Morgan fingerprint density at radius 1 is 1.25 bits per heavy atom. The lowest BCUT2D eigenvalue weighted by atomic mass is 10.1. The quantitative estimate of drug-likeness (QED) is 0.821. The van der Waals surface area contributed by atoms with Crippen LogP contribution in [0.15, 0.2) is 24.4 Å². The molecule has 0 spiro atoms.